The SMILES string of the molecule is CCC(C)(C)C(=O)C(=O)N1CCCC[C@H]1C(=O)OC(CC(=O)[C@H](C)/C=C(\C)[C@@H](O)[C@@H](C)C(=O)[C@H](C)C[C@H](C)/C=C/C=C/C=C(\C)[C@@H](C)CC1CC[C@@H](C)C(=O)O1)[C@H](C)C[C@@H]1CC[C@@H](O)[C@H](C)C1. The summed E-state index contributed by atoms with van der Waals surface area (Å²) < 4.78 is 11.8. The summed E-state index contributed by atoms with van der Waals surface area (Å²) in [5.41, 5.74) is 0.872. The molecule has 2 saturated heterocycles. The van der Waals surface area contributed by atoms with Crippen LogP contribution in [0.2, 0.25) is 0 Å². The van der Waals surface area contributed by atoms with E-state index in [4.69, 9.17) is 9.47 Å². The number of amides is 1. The van der Waals surface area contributed by atoms with E-state index in [1.165, 1.54) is 10.5 Å². The van der Waals surface area contributed by atoms with Crippen molar-refractivity contribution in [1.82, 2.24) is 4.90 Å². The van der Waals surface area contributed by atoms with Crippen molar-refractivity contribution in [2.45, 2.75) is 204 Å². The van der Waals surface area contributed by atoms with Crippen molar-refractivity contribution in [3.8, 4) is 0 Å². The van der Waals surface area contributed by atoms with Gasteiger partial charge in [-0.3, -0.25) is 24.0 Å². The highest BCUT2D eigenvalue weighted by Crippen LogP contribution is 2.36. The van der Waals surface area contributed by atoms with E-state index in [9.17, 15) is 39.0 Å². The zero-order chi connectivity index (χ0) is 50.3. The number of carbonyl (C=O) groups excluding carboxylic acids is 6. The molecule has 0 radical (unpaired) electrons. The van der Waals surface area contributed by atoms with Crippen LogP contribution in [-0.2, 0) is 38.2 Å². The monoisotopic (exact) mass is 936 g/mol. The van der Waals surface area contributed by atoms with E-state index in [1.54, 1.807) is 40.7 Å². The number of rotatable bonds is 24. The number of aliphatic hydroxyl groups is 2. The molecule has 1 saturated carbocycles. The lowest BCUT2D eigenvalue weighted by atomic mass is 9.75. The number of ether oxygens (including phenoxy) is 2. The predicted molar refractivity (Wildman–Crippen MR) is 264 cm³/mol. The molecule has 1 aliphatic carbocycles. The van der Waals surface area contributed by atoms with Gasteiger partial charge in [0, 0.05) is 36.1 Å². The quantitative estimate of drug-likeness (QED) is 0.0412. The maximum absolute atomic E-state index is 14.1. The van der Waals surface area contributed by atoms with Gasteiger partial charge in [0.1, 0.15) is 29.8 Å². The minimum absolute atomic E-state index is 0.0160. The smallest absolute Gasteiger partial charge is 0.329 e. The number of esters is 2. The molecule has 3 aliphatic rings. The van der Waals surface area contributed by atoms with Gasteiger partial charge in [0.25, 0.3) is 5.91 Å². The van der Waals surface area contributed by atoms with Gasteiger partial charge in [-0.25, -0.2) is 4.79 Å². The Hall–Kier alpha value is -3.70. The summed E-state index contributed by atoms with van der Waals surface area (Å²) in [5.74, 6) is -3.16. The standard InChI is InChI=1S/C56H89NO10/c1-14-56(12,13)52(62)53(63)57-27-19-18-22-46(57)55(65)67-49(40(8)31-44-24-26-47(58)39(7)30-44)33-48(59)38(6)29-42(10)51(61)43(11)50(60)41(9)28-34(2)20-16-15-17-21-35(3)37(5)32-45-25-23-36(4)54(64)66-45/h15-17,20-21,29,34,36-41,43-47,49,51,58,61H,14,18-19,22-28,30-33H2,1-13H3/b17-15+,20-16+,35-21+,42-29+/t34-,36-,37+,38-,39-,40-,41-,43+,44-,45?,46+,47-,49?,51-/m1/s1. The number of Topliss-reactive ketones (excluding diaryl/α,β-unsaturated/α-hetero) is 3. The topological polar surface area (TPSA) is 165 Å². The lowest BCUT2D eigenvalue weighted by Gasteiger charge is -2.37. The van der Waals surface area contributed by atoms with Crippen LogP contribution in [0.1, 0.15) is 173 Å². The number of carbonyl (C=O) groups is 6. The normalized spacial score (nSPS) is 27.1. The fourth-order valence-electron chi connectivity index (χ4n) is 10.0. The first-order valence-electron chi connectivity index (χ1n) is 25.8. The molecular weight excluding hydrogens is 847 g/mol. The highest BCUT2D eigenvalue weighted by atomic mass is 16.5. The molecule has 2 N–H and O–H groups in total. The van der Waals surface area contributed by atoms with Crippen LogP contribution in [0, 0.1) is 58.7 Å². The Morgan fingerprint density at radius 1 is 0.881 bits per heavy atom. The second kappa shape index (κ2) is 26.9. The Labute approximate surface area is 404 Å². The summed E-state index contributed by atoms with van der Waals surface area (Å²) in [6, 6.07) is -0.919. The van der Waals surface area contributed by atoms with Crippen LogP contribution in [0.4, 0.5) is 0 Å². The van der Waals surface area contributed by atoms with Gasteiger partial charge in [-0.15, -0.1) is 0 Å². The van der Waals surface area contributed by atoms with E-state index < -0.39 is 53.2 Å². The molecule has 0 spiro atoms. The van der Waals surface area contributed by atoms with Gasteiger partial charge in [0.15, 0.2) is 0 Å². The number of piperidine rings is 1. The van der Waals surface area contributed by atoms with Gasteiger partial charge in [0.2, 0.25) is 5.78 Å². The number of nitrogens with zero attached hydrogens (tertiary/aromatic N) is 1. The van der Waals surface area contributed by atoms with Crippen molar-refractivity contribution in [1.29, 1.82) is 0 Å². The molecule has 0 bridgehead atoms. The van der Waals surface area contributed by atoms with Crippen molar-refractivity contribution in [2.75, 3.05) is 6.54 Å². The molecule has 0 aromatic carbocycles. The molecule has 3 rings (SSSR count). The molecule has 11 heteroatoms. The Morgan fingerprint density at radius 3 is 2.21 bits per heavy atom. The fraction of sp³-hybridized carbons (Fsp3) is 0.750. The van der Waals surface area contributed by atoms with Crippen LogP contribution in [-0.4, -0.2) is 87.3 Å². The first kappa shape index (κ1) is 57.6. The molecular formula is C56H89NO10. The number of allylic oxidation sites excluding steroid dienone is 7. The largest absolute Gasteiger partial charge is 0.462 e. The summed E-state index contributed by atoms with van der Waals surface area (Å²) in [6.45, 7) is 25.0. The fourth-order valence-corrected chi connectivity index (χ4v) is 10.0. The highest BCUT2D eigenvalue weighted by molar-refractivity contribution is 6.38. The van der Waals surface area contributed by atoms with Crippen molar-refractivity contribution >= 4 is 35.2 Å². The first-order chi connectivity index (χ1) is 31.4. The molecule has 2 unspecified atom stereocenters. The number of cyclic esters (lactones) is 1. The summed E-state index contributed by atoms with van der Waals surface area (Å²) in [5, 5.41) is 21.8. The molecule has 14 atom stereocenters. The average molecular weight is 936 g/mol. The minimum Gasteiger partial charge on any atom is -0.462 e. The number of ketones is 3. The molecule has 0 aromatic heterocycles. The first-order valence-corrected chi connectivity index (χ1v) is 25.8. The van der Waals surface area contributed by atoms with Crippen LogP contribution in [0.5, 0.6) is 0 Å². The maximum atomic E-state index is 14.1. The molecule has 2 aliphatic heterocycles. The van der Waals surface area contributed by atoms with Crippen LogP contribution in [0.3, 0.4) is 0 Å². The van der Waals surface area contributed by atoms with E-state index in [-0.39, 0.29) is 84.1 Å². The number of aliphatic hydroxyl groups excluding tert-OH is 2. The van der Waals surface area contributed by atoms with Gasteiger partial charge in [0.05, 0.1) is 18.1 Å². The lowest BCUT2D eigenvalue weighted by molar-refractivity contribution is -0.167. The molecule has 3 fully saturated rings. The number of hydrogen-bond acceptors (Lipinski definition) is 10. The van der Waals surface area contributed by atoms with Crippen LogP contribution in [0.15, 0.2) is 47.6 Å². The van der Waals surface area contributed by atoms with Gasteiger partial charge in [-0.05, 0) is 126 Å². The molecule has 378 valence electrons. The van der Waals surface area contributed by atoms with Crippen molar-refractivity contribution in [3.63, 3.8) is 0 Å². The lowest BCUT2D eigenvalue weighted by Crippen LogP contribution is -2.53. The molecule has 0 aromatic rings. The third kappa shape index (κ3) is 17.3. The Kier molecular flexibility index (Phi) is 23.1. The van der Waals surface area contributed by atoms with E-state index in [2.05, 4.69) is 32.9 Å². The Bertz CT molecular complexity index is 1810. The Balaban J connectivity index is 1.63. The van der Waals surface area contributed by atoms with E-state index in [0.717, 1.165) is 32.1 Å². The van der Waals surface area contributed by atoms with Crippen molar-refractivity contribution in [2.24, 2.45) is 58.7 Å². The van der Waals surface area contributed by atoms with Crippen molar-refractivity contribution < 1.29 is 48.5 Å². The molecule has 11 nitrogen and oxygen atoms in total. The van der Waals surface area contributed by atoms with Gasteiger partial charge in [-0.1, -0.05) is 118 Å². The summed E-state index contributed by atoms with van der Waals surface area (Å²) >= 11 is 0. The summed E-state index contributed by atoms with van der Waals surface area (Å²) in [7, 11) is 0. The Morgan fingerprint density at radius 2 is 1.57 bits per heavy atom. The minimum atomic E-state index is -1.09. The molecule has 1 amide bonds. The van der Waals surface area contributed by atoms with Crippen LogP contribution < -0.4 is 0 Å². The molecule has 67 heavy (non-hydrogen) atoms. The zero-order valence-corrected chi connectivity index (χ0v) is 43.6. The second-order valence-corrected chi connectivity index (χ2v) is 22.0. The average Bonchev–Trinajstić information content (AvgIpc) is 3.29. The van der Waals surface area contributed by atoms with Gasteiger partial charge in [-0.2, -0.15) is 0 Å². The number of likely N-dealkylation sites (tertiary alicyclic amines) is 1. The number of hydrogen-bond donors (Lipinski definition) is 2. The van der Waals surface area contributed by atoms with Gasteiger partial charge >= 0.3 is 11.9 Å². The predicted octanol–water partition coefficient (Wildman–Crippen LogP) is 10.3. The maximum Gasteiger partial charge on any atom is 0.329 e. The van der Waals surface area contributed by atoms with E-state index in [0.29, 0.717) is 50.5 Å². The van der Waals surface area contributed by atoms with Crippen molar-refractivity contribution in [3.05, 3.63) is 47.6 Å². The third-order valence-corrected chi connectivity index (χ3v) is 15.6. The van der Waals surface area contributed by atoms with E-state index in [1.807, 2.05) is 52.8 Å². The third-order valence-electron chi connectivity index (χ3n) is 15.6. The highest BCUT2D eigenvalue weighted by Gasteiger charge is 2.42. The van der Waals surface area contributed by atoms with Crippen LogP contribution >= 0.6 is 0 Å². The molecule has 2 heterocycles. The van der Waals surface area contributed by atoms with E-state index >= 15 is 0 Å². The van der Waals surface area contributed by atoms with Crippen LogP contribution in [0.25, 0.3) is 0 Å². The zero-order valence-electron chi connectivity index (χ0n) is 43.6. The van der Waals surface area contributed by atoms with Gasteiger partial charge < -0.3 is 24.6 Å². The summed E-state index contributed by atoms with van der Waals surface area (Å²) in [4.78, 5) is 81.8. The summed E-state index contributed by atoms with van der Waals surface area (Å²) in [6.07, 6.45) is 18.0. The second-order valence-electron chi connectivity index (χ2n) is 22.0.